The highest BCUT2D eigenvalue weighted by molar-refractivity contribution is 5.97. The number of carboxylic acids is 2. The highest BCUT2D eigenvalue weighted by atomic mass is 16.4. The Labute approximate surface area is 300 Å². The number of nitrogens with two attached hydrogens (primary N) is 4. The van der Waals surface area contributed by atoms with Crippen molar-refractivity contribution in [2.24, 2.45) is 34.8 Å². The molecule has 0 aromatic rings. The van der Waals surface area contributed by atoms with E-state index in [1.807, 2.05) is 0 Å². The van der Waals surface area contributed by atoms with E-state index in [4.69, 9.17) is 28.0 Å². The smallest absolute Gasteiger partial charge is 0.326 e. The lowest BCUT2D eigenvalue weighted by atomic mass is 9.99. The van der Waals surface area contributed by atoms with E-state index in [1.165, 1.54) is 0 Å². The number of carboxylic acid groups (broad SMARTS) is 2. The van der Waals surface area contributed by atoms with E-state index in [0.29, 0.717) is 0 Å². The zero-order chi connectivity index (χ0) is 40.3. The third-order valence-corrected chi connectivity index (χ3v) is 7.51. The van der Waals surface area contributed by atoms with Crippen LogP contribution in [0.2, 0.25) is 0 Å². The molecule has 294 valence electrons. The molecule has 0 unspecified atom stereocenters. The van der Waals surface area contributed by atoms with Gasteiger partial charge >= 0.3 is 11.9 Å². The van der Waals surface area contributed by atoms with E-state index < -0.39 is 121 Å². The maximum Gasteiger partial charge on any atom is 0.326 e. The number of rotatable bonds is 26. The number of carbonyl (C=O) groups is 10. The van der Waals surface area contributed by atoms with E-state index in [0.717, 1.165) is 0 Å². The van der Waals surface area contributed by atoms with Gasteiger partial charge in [-0.1, -0.05) is 27.7 Å². The van der Waals surface area contributed by atoms with Gasteiger partial charge in [0, 0.05) is 25.7 Å². The fraction of sp³-hybridized carbons (Fsp3) is 0.677. The Bertz CT molecular complexity index is 1320. The summed E-state index contributed by atoms with van der Waals surface area (Å²) in [5, 5.41) is 30.3. The molecule has 21 heteroatoms. The number of hydrogen-bond acceptors (Lipinski definition) is 11. The first-order valence-corrected chi connectivity index (χ1v) is 16.6. The molecule has 52 heavy (non-hydrogen) atoms. The van der Waals surface area contributed by atoms with Crippen LogP contribution in [0.3, 0.4) is 0 Å². The molecule has 0 spiro atoms. The van der Waals surface area contributed by atoms with Crippen LogP contribution < -0.4 is 49.5 Å². The van der Waals surface area contributed by atoms with Crippen LogP contribution in [0.4, 0.5) is 0 Å². The number of primary amides is 3. The molecule has 15 N–H and O–H groups in total. The van der Waals surface area contributed by atoms with Crippen molar-refractivity contribution in [3.63, 3.8) is 0 Å². The van der Waals surface area contributed by atoms with Crippen molar-refractivity contribution in [1.82, 2.24) is 26.6 Å². The standard InChI is InChI=1S/C31H53N9O12/c1-14(2)13-20(29(49)36-17(6-10-22(34)42)27(47)38-19(31(51)52)8-12-24(44)45)39-28(48)18(7-11-23(35)43)37-30(50)25(15(3)4)40-26(46)16(32)5-9-21(33)41/h14-20,25H,5-13,32H2,1-4H3,(H2,33,41)(H2,34,42)(H2,35,43)(H,36,49)(H,37,50)(H,38,47)(H,39,48)(H,40,46)(H,44,45)(H,51,52)/t16-,17-,18-,19-,20-,25-/m0/s1. The molecule has 0 aliphatic rings. The van der Waals surface area contributed by atoms with Gasteiger partial charge in [-0.25, -0.2) is 4.79 Å². The number of nitrogens with one attached hydrogen (secondary N) is 5. The highest BCUT2D eigenvalue weighted by Crippen LogP contribution is 2.11. The summed E-state index contributed by atoms with van der Waals surface area (Å²) >= 11 is 0. The van der Waals surface area contributed by atoms with E-state index in [2.05, 4.69) is 26.6 Å². The predicted octanol–water partition coefficient (Wildman–Crippen LogP) is -3.81. The van der Waals surface area contributed by atoms with Crippen molar-refractivity contribution in [3.8, 4) is 0 Å². The summed E-state index contributed by atoms with van der Waals surface area (Å²) in [6.07, 6.45) is -2.88. The quantitative estimate of drug-likeness (QED) is 0.0405. The maximum atomic E-state index is 13.6. The minimum Gasteiger partial charge on any atom is -0.481 e. The minimum atomic E-state index is -1.65. The molecule has 21 nitrogen and oxygen atoms in total. The van der Waals surface area contributed by atoms with Gasteiger partial charge in [0.15, 0.2) is 0 Å². The molecule has 0 aliphatic carbocycles. The topological polar surface area (TPSA) is 375 Å². The fourth-order valence-electron chi connectivity index (χ4n) is 4.64. The molecule has 0 aliphatic heterocycles. The molecule has 0 rings (SSSR count). The molecule has 0 radical (unpaired) electrons. The summed E-state index contributed by atoms with van der Waals surface area (Å²) in [5.41, 5.74) is 21.4. The molecule has 0 bridgehead atoms. The van der Waals surface area contributed by atoms with Gasteiger partial charge in [0.1, 0.15) is 30.2 Å². The number of hydrogen-bond donors (Lipinski definition) is 11. The average Bonchev–Trinajstić information content (AvgIpc) is 3.02. The van der Waals surface area contributed by atoms with Crippen molar-refractivity contribution >= 4 is 59.2 Å². The first-order chi connectivity index (χ1) is 24.0. The van der Waals surface area contributed by atoms with E-state index in [-0.39, 0.29) is 44.4 Å². The molecule has 0 saturated carbocycles. The minimum absolute atomic E-state index is 0.0253. The summed E-state index contributed by atoms with van der Waals surface area (Å²) in [6.45, 7) is 6.60. The number of amides is 8. The number of aliphatic carboxylic acids is 2. The zero-order valence-corrected chi connectivity index (χ0v) is 29.8. The molecular weight excluding hydrogens is 690 g/mol. The first kappa shape index (κ1) is 46.7. The highest BCUT2D eigenvalue weighted by Gasteiger charge is 2.34. The lowest BCUT2D eigenvalue weighted by molar-refractivity contribution is -0.143. The summed E-state index contributed by atoms with van der Waals surface area (Å²) < 4.78 is 0. The van der Waals surface area contributed by atoms with Crippen LogP contribution in [0.1, 0.15) is 85.5 Å². The fourth-order valence-corrected chi connectivity index (χ4v) is 4.64. The Balaban J connectivity index is 6.21. The molecule has 0 aromatic carbocycles. The third kappa shape index (κ3) is 19.2. The van der Waals surface area contributed by atoms with E-state index in [1.54, 1.807) is 27.7 Å². The van der Waals surface area contributed by atoms with Crippen molar-refractivity contribution in [3.05, 3.63) is 0 Å². The largest absolute Gasteiger partial charge is 0.481 e. The van der Waals surface area contributed by atoms with Gasteiger partial charge in [0.25, 0.3) is 0 Å². The molecule has 8 amide bonds. The molecule has 0 aromatic heterocycles. The van der Waals surface area contributed by atoms with E-state index >= 15 is 0 Å². The Kier molecular flexibility index (Phi) is 20.8. The van der Waals surface area contributed by atoms with Gasteiger partial charge in [-0.15, -0.1) is 0 Å². The molecule has 0 saturated heterocycles. The summed E-state index contributed by atoms with van der Waals surface area (Å²) in [6, 6.07) is -8.46. The zero-order valence-electron chi connectivity index (χ0n) is 29.8. The summed E-state index contributed by atoms with van der Waals surface area (Å²) in [4.78, 5) is 123. The van der Waals surface area contributed by atoms with Crippen molar-refractivity contribution in [2.45, 2.75) is 122 Å². The Morgan fingerprint density at radius 2 is 0.885 bits per heavy atom. The lowest BCUT2D eigenvalue weighted by Gasteiger charge is -2.28. The Morgan fingerprint density at radius 1 is 0.500 bits per heavy atom. The van der Waals surface area contributed by atoms with Gasteiger partial charge in [0.05, 0.1) is 6.04 Å². The second-order valence-corrected chi connectivity index (χ2v) is 13.0. The van der Waals surface area contributed by atoms with Gasteiger partial charge in [-0.05, 0) is 43.9 Å². The van der Waals surface area contributed by atoms with Crippen molar-refractivity contribution in [2.75, 3.05) is 0 Å². The normalized spacial score (nSPS) is 14.4. The second kappa shape index (κ2) is 23.2. The maximum absolute atomic E-state index is 13.6. The summed E-state index contributed by atoms with van der Waals surface area (Å²) in [5.74, 6) is -10.6. The Hall–Kier alpha value is -5.34. The van der Waals surface area contributed by atoms with Crippen LogP contribution in [0, 0.1) is 11.8 Å². The second-order valence-electron chi connectivity index (χ2n) is 13.0. The monoisotopic (exact) mass is 743 g/mol. The number of carbonyl (C=O) groups excluding carboxylic acids is 8. The van der Waals surface area contributed by atoms with Crippen molar-refractivity contribution < 1.29 is 58.2 Å². The third-order valence-electron chi connectivity index (χ3n) is 7.51. The summed E-state index contributed by atoms with van der Waals surface area (Å²) in [7, 11) is 0. The van der Waals surface area contributed by atoms with E-state index in [9.17, 15) is 53.1 Å². The van der Waals surface area contributed by atoms with Gasteiger partial charge in [0.2, 0.25) is 47.3 Å². The van der Waals surface area contributed by atoms with Crippen LogP contribution in [0.5, 0.6) is 0 Å². The first-order valence-electron chi connectivity index (χ1n) is 16.6. The van der Waals surface area contributed by atoms with Crippen LogP contribution >= 0.6 is 0 Å². The molecular formula is C31H53N9O12. The Morgan fingerprint density at radius 3 is 1.29 bits per heavy atom. The average molecular weight is 744 g/mol. The van der Waals surface area contributed by atoms with Gasteiger partial charge < -0.3 is 59.7 Å². The van der Waals surface area contributed by atoms with Crippen LogP contribution in [-0.4, -0.2) is 106 Å². The van der Waals surface area contributed by atoms with Crippen LogP contribution in [0.25, 0.3) is 0 Å². The SMILES string of the molecule is CC(C)C[C@H](NC(=O)[C@H](CCC(N)=O)NC(=O)[C@@H](NC(=O)[C@@H](N)CCC(N)=O)C(C)C)C(=O)N[C@@H](CCC(N)=O)C(=O)N[C@@H](CCC(=O)O)C(=O)O. The van der Waals surface area contributed by atoms with Crippen molar-refractivity contribution in [1.29, 1.82) is 0 Å². The lowest BCUT2D eigenvalue weighted by Crippen LogP contribution is -2.60. The molecule has 0 fully saturated rings. The molecule has 0 heterocycles. The van der Waals surface area contributed by atoms with Gasteiger partial charge in [-0.2, -0.15) is 0 Å². The van der Waals surface area contributed by atoms with Crippen LogP contribution in [0.15, 0.2) is 0 Å². The predicted molar refractivity (Wildman–Crippen MR) is 182 cm³/mol. The van der Waals surface area contributed by atoms with Gasteiger partial charge in [-0.3, -0.25) is 43.2 Å². The molecule has 6 atom stereocenters. The van der Waals surface area contributed by atoms with Crippen LogP contribution in [-0.2, 0) is 47.9 Å².